The quantitative estimate of drug-likeness (QED) is 0.0164. The van der Waals surface area contributed by atoms with Crippen LogP contribution in [0.2, 0.25) is 0 Å². The highest BCUT2D eigenvalue weighted by molar-refractivity contribution is 5.98. The molecule has 534 valence electrons. The third-order valence-corrected chi connectivity index (χ3v) is 13.7. The second-order valence-corrected chi connectivity index (χ2v) is 21.7. The van der Waals surface area contributed by atoms with E-state index in [-0.39, 0.29) is 165 Å². The van der Waals surface area contributed by atoms with Crippen LogP contribution in [0.5, 0.6) is 0 Å². The maximum Gasteiger partial charge on any atom is 0.326 e. The minimum absolute atomic E-state index is 0.00815. The number of carboxylic acid groups (broad SMARTS) is 1. The van der Waals surface area contributed by atoms with Crippen molar-refractivity contribution in [1.82, 2.24) is 52.5 Å². The van der Waals surface area contributed by atoms with Crippen molar-refractivity contribution >= 4 is 94.9 Å². The highest BCUT2D eigenvalue weighted by Gasteiger charge is 2.35. The third-order valence-electron chi connectivity index (χ3n) is 13.7. The van der Waals surface area contributed by atoms with Crippen molar-refractivity contribution < 1.29 is 53.1 Å². The van der Waals surface area contributed by atoms with Gasteiger partial charge in [-0.05, 0) is 109 Å². The Bertz CT molecular complexity index is 2770. The van der Waals surface area contributed by atoms with Crippen molar-refractivity contribution in [3.63, 3.8) is 0 Å². The number of guanidine groups is 6. The van der Waals surface area contributed by atoms with Gasteiger partial charge >= 0.3 is 5.97 Å². The Morgan fingerprint density at radius 2 is 0.653 bits per heavy atom. The first-order valence-electron chi connectivity index (χ1n) is 30.6. The highest BCUT2D eigenvalue weighted by atomic mass is 16.4. The van der Waals surface area contributed by atoms with Crippen LogP contribution in [0, 0.1) is 0 Å². The zero-order chi connectivity index (χ0) is 71.4. The van der Waals surface area contributed by atoms with Gasteiger partial charge in [0.2, 0.25) is 53.2 Å². The topological polar surface area (TPSA) is 780 Å². The van der Waals surface area contributed by atoms with Crippen LogP contribution in [0.4, 0.5) is 0 Å². The molecule has 42 nitrogen and oxygen atoms in total. The maximum absolute atomic E-state index is 14.7. The normalized spacial score (nSPS) is 13.6. The van der Waals surface area contributed by atoms with Gasteiger partial charge in [-0.15, -0.1) is 0 Å². The van der Waals surface area contributed by atoms with Crippen LogP contribution >= 0.6 is 0 Å². The Hall–Kier alpha value is -10.5. The second kappa shape index (κ2) is 46.5. The van der Waals surface area contributed by atoms with Crippen molar-refractivity contribution in [3.8, 4) is 0 Å². The van der Waals surface area contributed by atoms with Crippen molar-refractivity contribution in [2.75, 3.05) is 45.8 Å². The number of primary amides is 1. The minimum atomic E-state index is -1.70. The molecule has 0 aliphatic heterocycles. The van der Waals surface area contributed by atoms with E-state index in [0.29, 0.717) is 25.0 Å². The molecule has 0 aromatic carbocycles. The maximum atomic E-state index is 14.7. The average molecular weight is 1350 g/mol. The molecular formula is C53H101N31O11. The lowest BCUT2D eigenvalue weighted by Gasteiger charge is -2.28. The Kier molecular flexibility index (Phi) is 40.4. The van der Waals surface area contributed by atoms with Gasteiger partial charge in [-0.2, -0.15) is 0 Å². The molecular weight excluding hydrogens is 1250 g/mol. The number of nitrogens with two attached hydrogens (primary N) is 15. The monoisotopic (exact) mass is 1350 g/mol. The van der Waals surface area contributed by atoms with Gasteiger partial charge in [0.25, 0.3) is 0 Å². The lowest BCUT2D eigenvalue weighted by molar-refractivity contribution is -0.142. The number of carbonyl (C=O) groups is 10. The number of nitrogens with zero attached hydrogens (tertiary/aromatic N) is 7. The lowest BCUT2D eigenvalue weighted by atomic mass is 10.0. The Balaban J connectivity index is 3.84. The van der Waals surface area contributed by atoms with E-state index in [1.807, 2.05) is 0 Å². The molecule has 0 radical (unpaired) electrons. The zero-order valence-corrected chi connectivity index (χ0v) is 53.3. The number of carbonyl (C=O) groups excluding carboxylic acids is 9. The van der Waals surface area contributed by atoms with Crippen molar-refractivity contribution in [2.45, 2.75) is 170 Å². The summed E-state index contributed by atoms with van der Waals surface area (Å²) in [6.07, 6.45) is 2.10. The summed E-state index contributed by atoms with van der Waals surface area (Å²) in [5.74, 6) is -11.3. The largest absolute Gasteiger partial charge is 0.480 e. The van der Waals surface area contributed by atoms with Crippen LogP contribution in [0.25, 0.3) is 0 Å². The van der Waals surface area contributed by atoms with Crippen LogP contribution in [0.3, 0.4) is 0 Å². The number of H-pyrrole nitrogens is 1. The molecule has 0 fully saturated rings. The summed E-state index contributed by atoms with van der Waals surface area (Å²) in [5, 5.41) is 30.6. The first-order valence-corrected chi connectivity index (χ1v) is 30.6. The van der Waals surface area contributed by atoms with Gasteiger partial charge < -0.3 is 139 Å². The van der Waals surface area contributed by atoms with Gasteiger partial charge in [0.05, 0.1) is 12.4 Å². The minimum Gasteiger partial charge on any atom is -0.480 e. The van der Waals surface area contributed by atoms with Gasteiger partial charge in [0.1, 0.15) is 48.3 Å². The van der Waals surface area contributed by atoms with Crippen LogP contribution in [0.1, 0.15) is 115 Å². The molecule has 1 rings (SSSR count). The summed E-state index contributed by atoms with van der Waals surface area (Å²) >= 11 is 0. The number of aliphatic imine (C=N–C) groups is 6. The predicted molar refractivity (Wildman–Crippen MR) is 354 cm³/mol. The zero-order valence-electron chi connectivity index (χ0n) is 53.3. The van der Waals surface area contributed by atoms with Gasteiger partial charge in [0, 0.05) is 64.0 Å². The number of hydrogen-bond acceptors (Lipinski definition) is 19. The predicted octanol–water partition coefficient (Wildman–Crippen LogP) is -11.0. The fraction of sp³-hybridized carbons (Fsp3) is 0.642. The van der Waals surface area contributed by atoms with E-state index in [1.54, 1.807) is 0 Å². The van der Waals surface area contributed by atoms with Gasteiger partial charge in [0.15, 0.2) is 35.8 Å². The number of aromatic nitrogens is 2. The number of aromatic amines is 1. The third kappa shape index (κ3) is 38.2. The summed E-state index contributed by atoms with van der Waals surface area (Å²) in [4.78, 5) is 169. The van der Waals surface area contributed by atoms with E-state index >= 15 is 0 Å². The Morgan fingerprint density at radius 1 is 0.379 bits per heavy atom. The molecule has 1 aromatic rings. The molecule has 1 heterocycles. The molecule has 9 atom stereocenters. The summed E-state index contributed by atoms with van der Waals surface area (Å²) in [7, 11) is 0. The number of nitrogens with one attached hydrogen (secondary N) is 9. The van der Waals surface area contributed by atoms with Crippen molar-refractivity contribution in [3.05, 3.63) is 18.2 Å². The molecule has 42 heteroatoms. The molecule has 0 saturated carbocycles. The number of imidazole rings is 1. The lowest BCUT2D eigenvalue weighted by Crippen LogP contribution is -2.60. The SMILES string of the molecule is NCCCC[C@H](NC(=O)[C@H](Cc1cnc[nH]1)NC(=O)[C@H](N)CCCN=C(N)N)C(=O)N[C@@H](CCCN=C(N)N)C(=O)N[C@H](CCCN=C(N)N)C(=O)N[C@@H](CCC(N)=O)C(=O)N[C@@H](CCCN=C(N)N)C(=O)N[C@@H](CCCN=C(N)N)C(=O)N[C@H](CCCN=C(N)N)C(=O)O. The summed E-state index contributed by atoms with van der Waals surface area (Å²) in [5.41, 5.74) is 83.8. The van der Waals surface area contributed by atoms with Gasteiger partial charge in [-0.3, -0.25) is 73.1 Å². The average Bonchev–Trinajstić information content (AvgIpc) is 1.88. The number of amides is 9. The second-order valence-electron chi connectivity index (χ2n) is 21.7. The van der Waals surface area contributed by atoms with E-state index in [1.165, 1.54) is 12.5 Å². The Morgan fingerprint density at radius 3 is 0.937 bits per heavy atom. The molecule has 0 aliphatic carbocycles. The molecule has 0 unspecified atom stereocenters. The molecule has 0 aliphatic rings. The summed E-state index contributed by atoms with van der Waals surface area (Å²) in [6.45, 7) is 0.208. The van der Waals surface area contributed by atoms with Crippen LogP contribution in [-0.2, 0) is 54.4 Å². The standard InChI is InChI=1S/C53H101N31O11/c54-18-2-1-10-30(81-46(93)37(25-28-26-69-27-76-28)84-39(86)29(55)9-3-19-70-48(57)58)40(87)77-31(11-4-20-71-49(59)60)41(88)78-33(13-6-22-73-51(63)64)43(90)82-35(16-17-38(56)85)45(92)80-32(12-5-21-72-50(61)62)42(89)79-34(14-7-23-74-52(65)66)44(91)83-36(47(94)95)15-8-24-75-53(67)68/h26-27,29-37H,1-25,54-55H2,(H2,56,85)(H,69,76)(H,77,87)(H,78,88)(H,79,89)(H,80,92)(H,81,93)(H,82,90)(H,83,91)(H,84,86)(H,94,95)(H4,57,58,70)(H4,59,60,71)(H4,61,62,72)(H4,63,64,73)(H4,65,66,74)(H4,67,68,75)/t29-,30+,31+,32+,33-,34+,35+,36-,37+/m1/s1. The fourth-order valence-electron chi connectivity index (χ4n) is 8.83. The number of unbranched alkanes of at least 4 members (excludes halogenated alkanes) is 1. The molecule has 0 saturated heterocycles. The summed E-state index contributed by atoms with van der Waals surface area (Å²) < 4.78 is 0. The number of carboxylic acids is 1. The van der Waals surface area contributed by atoms with Crippen molar-refractivity contribution in [1.29, 1.82) is 0 Å². The fourth-order valence-corrected chi connectivity index (χ4v) is 8.83. The van der Waals surface area contributed by atoms with Crippen LogP contribution < -0.4 is 129 Å². The first-order chi connectivity index (χ1) is 44.9. The van der Waals surface area contributed by atoms with E-state index < -0.39 is 126 Å². The smallest absolute Gasteiger partial charge is 0.326 e. The number of hydrogen-bond donors (Lipinski definition) is 25. The molecule has 0 spiro atoms. The van der Waals surface area contributed by atoms with E-state index in [9.17, 15) is 53.1 Å². The van der Waals surface area contributed by atoms with Gasteiger partial charge in [-0.25, -0.2) is 9.78 Å². The number of aliphatic carboxylic acids is 1. The highest BCUT2D eigenvalue weighted by Crippen LogP contribution is 2.12. The van der Waals surface area contributed by atoms with Crippen molar-refractivity contribution in [2.24, 2.45) is 116 Å². The molecule has 40 N–H and O–H groups in total. The summed E-state index contributed by atoms with van der Waals surface area (Å²) in [6, 6.07) is -13.1. The Labute approximate surface area is 548 Å². The van der Waals surface area contributed by atoms with E-state index in [0.717, 1.165) is 0 Å². The van der Waals surface area contributed by atoms with E-state index in [4.69, 9.17) is 86.0 Å². The van der Waals surface area contributed by atoms with Gasteiger partial charge in [-0.1, -0.05) is 0 Å². The molecule has 0 bridgehead atoms. The van der Waals surface area contributed by atoms with Crippen LogP contribution in [0.15, 0.2) is 42.5 Å². The van der Waals surface area contributed by atoms with E-state index in [2.05, 4.69) is 82.5 Å². The molecule has 9 amide bonds. The molecule has 95 heavy (non-hydrogen) atoms. The number of rotatable bonds is 50. The van der Waals surface area contributed by atoms with Crippen LogP contribution in [-0.4, -0.2) is 210 Å². The molecule has 1 aromatic heterocycles. The first kappa shape index (κ1) is 82.5.